The Morgan fingerprint density at radius 1 is 1.42 bits per heavy atom. The number of hydrogen-bond donors (Lipinski definition) is 1. The van der Waals surface area contributed by atoms with Crippen LogP contribution < -0.4 is 5.43 Å². The summed E-state index contributed by atoms with van der Waals surface area (Å²) in [5, 5.41) is 8.88. The fraction of sp³-hybridized carbons (Fsp3) is 0.231. The summed E-state index contributed by atoms with van der Waals surface area (Å²) in [6.07, 6.45) is 1.09. The van der Waals surface area contributed by atoms with E-state index in [0.29, 0.717) is 11.1 Å². The zero-order chi connectivity index (χ0) is 14.2. The Morgan fingerprint density at radius 2 is 2.11 bits per heavy atom. The molecule has 0 aliphatic rings. The lowest BCUT2D eigenvalue weighted by molar-refractivity contribution is 0.0694. The van der Waals surface area contributed by atoms with Crippen molar-refractivity contribution >= 4 is 16.9 Å². The highest BCUT2D eigenvalue weighted by Crippen LogP contribution is 2.17. The van der Waals surface area contributed by atoms with Crippen LogP contribution in [0.3, 0.4) is 0 Å². The molecular formula is C13H11F2NO3. The molecule has 2 aromatic rings. The van der Waals surface area contributed by atoms with Crippen LogP contribution in [0.1, 0.15) is 15.9 Å². The number of aromatic nitrogens is 1. The smallest absolute Gasteiger partial charge is 0.341 e. The fourth-order valence-corrected chi connectivity index (χ4v) is 1.94. The number of aromatic carboxylic acids is 1. The molecule has 0 fully saturated rings. The number of alkyl halides is 1. The molecule has 0 aliphatic heterocycles. The Hall–Kier alpha value is -2.24. The van der Waals surface area contributed by atoms with Crippen molar-refractivity contribution in [3.63, 3.8) is 0 Å². The van der Waals surface area contributed by atoms with Crippen molar-refractivity contribution in [1.29, 1.82) is 0 Å². The molecule has 0 atom stereocenters. The molecule has 0 bridgehead atoms. The summed E-state index contributed by atoms with van der Waals surface area (Å²) in [7, 11) is 0. The van der Waals surface area contributed by atoms with Gasteiger partial charge in [-0.05, 0) is 24.6 Å². The van der Waals surface area contributed by atoms with Gasteiger partial charge in [0.1, 0.15) is 18.1 Å². The Bertz CT molecular complexity index is 722. The minimum absolute atomic E-state index is 0.0588. The lowest BCUT2D eigenvalue weighted by Crippen LogP contribution is -2.19. The number of carboxylic acid groups (broad SMARTS) is 1. The van der Waals surface area contributed by atoms with E-state index in [1.807, 2.05) is 0 Å². The summed E-state index contributed by atoms with van der Waals surface area (Å²) in [5.74, 6) is -2.01. The topological polar surface area (TPSA) is 59.3 Å². The number of carbonyl (C=O) groups is 1. The minimum Gasteiger partial charge on any atom is -0.477 e. The number of nitrogens with zero attached hydrogens (tertiary/aromatic N) is 1. The maximum absolute atomic E-state index is 13.5. The molecule has 2 rings (SSSR count). The number of carboxylic acids is 1. The summed E-state index contributed by atoms with van der Waals surface area (Å²) in [6, 6.07) is 2.40. The largest absolute Gasteiger partial charge is 0.477 e. The highest BCUT2D eigenvalue weighted by atomic mass is 19.1. The lowest BCUT2D eigenvalue weighted by atomic mass is 10.1. The van der Waals surface area contributed by atoms with Crippen LogP contribution in [-0.4, -0.2) is 22.3 Å². The van der Waals surface area contributed by atoms with E-state index in [4.69, 9.17) is 5.11 Å². The Labute approximate surface area is 106 Å². The molecule has 1 N–H and O–H groups in total. The molecule has 0 aliphatic carbocycles. The van der Waals surface area contributed by atoms with Crippen molar-refractivity contribution in [2.45, 2.75) is 13.5 Å². The maximum atomic E-state index is 13.5. The predicted molar refractivity (Wildman–Crippen MR) is 65.8 cm³/mol. The van der Waals surface area contributed by atoms with E-state index >= 15 is 0 Å². The quantitative estimate of drug-likeness (QED) is 0.926. The first kappa shape index (κ1) is 13.2. The summed E-state index contributed by atoms with van der Waals surface area (Å²) >= 11 is 0. The number of fused-ring (bicyclic) bond motifs is 1. The average molecular weight is 267 g/mol. The molecule has 4 nitrogen and oxygen atoms in total. The van der Waals surface area contributed by atoms with Gasteiger partial charge in [0.2, 0.25) is 5.43 Å². The summed E-state index contributed by atoms with van der Waals surface area (Å²) in [4.78, 5) is 22.9. The molecule has 0 unspecified atom stereocenters. The van der Waals surface area contributed by atoms with Gasteiger partial charge in [-0.3, -0.25) is 4.79 Å². The molecule has 0 saturated heterocycles. The molecule has 19 heavy (non-hydrogen) atoms. The summed E-state index contributed by atoms with van der Waals surface area (Å²) in [6.45, 7) is 0.708. The Kier molecular flexibility index (Phi) is 3.33. The number of rotatable bonds is 3. The lowest BCUT2D eigenvalue weighted by Gasteiger charge is -2.11. The van der Waals surface area contributed by atoms with E-state index in [2.05, 4.69) is 0 Å². The second-order valence-electron chi connectivity index (χ2n) is 4.18. The Morgan fingerprint density at radius 3 is 2.68 bits per heavy atom. The number of hydrogen-bond acceptors (Lipinski definition) is 2. The van der Waals surface area contributed by atoms with Gasteiger partial charge in [-0.1, -0.05) is 0 Å². The van der Waals surface area contributed by atoms with Crippen LogP contribution in [0.4, 0.5) is 8.78 Å². The zero-order valence-corrected chi connectivity index (χ0v) is 10.1. The summed E-state index contributed by atoms with van der Waals surface area (Å²) in [5.41, 5.74) is -0.630. The van der Waals surface area contributed by atoms with Crippen LogP contribution in [0.5, 0.6) is 0 Å². The van der Waals surface area contributed by atoms with Crippen molar-refractivity contribution in [3.05, 3.63) is 45.5 Å². The fourth-order valence-electron chi connectivity index (χ4n) is 1.94. The number of benzene rings is 1. The van der Waals surface area contributed by atoms with E-state index in [1.165, 1.54) is 17.6 Å². The molecule has 1 heterocycles. The van der Waals surface area contributed by atoms with Gasteiger partial charge in [0.15, 0.2) is 0 Å². The second-order valence-corrected chi connectivity index (χ2v) is 4.18. The van der Waals surface area contributed by atoms with Crippen molar-refractivity contribution in [1.82, 2.24) is 4.57 Å². The van der Waals surface area contributed by atoms with Gasteiger partial charge in [0, 0.05) is 11.6 Å². The van der Waals surface area contributed by atoms with E-state index in [1.54, 1.807) is 0 Å². The third-order valence-corrected chi connectivity index (χ3v) is 2.92. The van der Waals surface area contributed by atoms with Crippen LogP contribution in [0.15, 0.2) is 23.1 Å². The normalized spacial score (nSPS) is 10.9. The number of pyridine rings is 1. The first-order valence-electron chi connectivity index (χ1n) is 5.58. The van der Waals surface area contributed by atoms with Gasteiger partial charge in [-0.15, -0.1) is 0 Å². The van der Waals surface area contributed by atoms with E-state index in [-0.39, 0.29) is 11.9 Å². The highest BCUT2D eigenvalue weighted by Gasteiger charge is 2.15. The van der Waals surface area contributed by atoms with Gasteiger partial charge in [0.05, 0.1) is 12.1 Å². The molecule has 0 saturated carbocycles. The minimum atomic E-state index is -1.42. The van der Waals surface area contributed by atoms with Gasteiger partial charge >= 0.3 is 5.97 Å². The first-order valence-corrected chi connectivity index (χ1v) is 5.58. The molecule has 100 valence electrons. The molecule has 1 aromatic heterocycles. The van der Waals surface area contributed by atoms with Gasteiger partial charge < -0.3 is 9.67 Å². The van der Waals surface area contributed by atoms with E-state index in [9.17, 15) is 18.4 Å². The van der Waals surface area contributed by atoms with E-state index < -0.39 is 29.5 Å². The van der Waals surface area contributed by atoms with Gasteiger partial charge in [0.25, 0.3) is 0 Å². The van der Waals surface area contributed by atoms with Crippen LogP contribution in [-0.2, 0) is 6.54 Å². The number of aryl methyl sites for hydroxylation is 2. The second kappa shape index (κ2) is 4.79. The first-order chi connectivity index (χ1) is 8.95. The highest BCUT2D eigenvalue weighted by molar-refractivity contribution is 5.92. The number of halogens is 2. The van der Waals surface area contributed by atoms with Crippen molar-refractivity contribution in [2.75, 3.05) is 6.67 Å². The van der Waals surface area contributed by atoms with Gasteiger partial charge in [-0.2, -0.15) is 0 Å². The van der Waals surface area contributed by atoms with Crippen LogP contribution in [0, 0.1) is 12.7 Å². The monoisotopic (exact) mass is 267 g/mol. The maximum Gasteiger partial charge on any atom is 0.341 e. The standard InChI is InChI=1S/C13H11F2NO3/c1-7-4-11-8(5-10(7)15)12(17)9(13(18)19)6-16(11)3-2-14/h4-6H,2-3H2,1H3,(H,18,19). The Balaban J connectivity index is 2.92. The SMILES string of the molecule is Cc1cc2c(cc1F)c(=O)c(C(=O)O)cn2CCF. The molecule has 6 heteroatoms. The van der Waals surface area contributed by atoms with Gasteiger partial charge in [-0.25, -0.2) is 13.6 Å². The van der Waals surface area contributed by atoms with Crippen molar-refractivity contribution in [3.8, 4) is 0 Å². The predicted octanol–water partition coefficient (Wildman–Crippen LogP) is 2.12. The third-order valence-electron chi connectivity index (χ3n) is 2.92. The molecule has 1 aromatic carbocycles. The third kappa shape index (κ3) is 2.21. The molecule has 0 radical (unpaired) electrons. The average Bonchev–Trinajstić information content (AvgIpc) is 2.35. The summed E-state index contributed by atoms with van der Waals surface area (Å²) < 4.78 is 27.3. The van der Waals surface area contributed by atoms with Crippen LogP contribution in [0.2, 0.25) is 0 Å². The molecule has 0 spiro atoms. The van der Waals surface area contributed by atoms with Crippen molar-refractivity contribution < 1.29 is 18.7 Å². The van der Waals surface area contributed by atoms with E-state index in [0.717, 1.165) is 12.3 Å². The van der Waals surface area contributed by atoms with Crippen molar-refractivity contribution in [2.24, 2.45) is 0 Å². The van der Waals surface area contributed by atoms with Crippen LogP contribution in [0.25, 0.3) is 10.9 Å². The molecule has 0 amide bonds. The van der Waals surface area contributed by atoms with Crippen LogP contribution >= 0.6 is 0 Å². The zero-order valence-electron chi connectivity index (χ0n) is 10.1. The molecular weight excluding hydrogens is 256 g/mol.